The topological polar surface area (TPSA) is 75.3 Å². The monoisotopic (exact) mass is 344 g/mol. The van der Waals surface area contributed by atoms with Gasteiger partial charge in [-0.2, -0.15) is 19.0 Å². The van der Waals surface area contributed by atoms with E-state index in [-0.39, 0.29) is 0 Å². The first kappa shape index (κ1) is 15.3. The molecule has 1 aliphatic heterocycles. The van der Waals surface area contributed by atoms with Crippen LogP contribution in [0.25, 0.3) is 5.78 Å². The maximum atomic E-state index is 4.66. The minimum Gasteiger partial charge on any atom is -0.353 e. The Hall–Kier alpha value is -2.29. The molecule has 0 amide bonds. The second-order valence-corrected chi connectivity index (χ2v) is 7.02. The molecule has 1 aliphatic rings. The number of hydrogen-bond donors (Lipinski definition) is 0. The summed E-state index contributed by atoms with van der Waals surface area (Å²) in [5.41, 5.74) is 0.957. The Bertz CT molecular complexity index is 846. The van der Waals surface area contributed by atoms with Gasteiger partial charge < -0.3 is 9.80 Å². The Morgan fingerprint density at radius 2 is 1.83 bits per heavy atom. The lowest BCUT2D eigenvalue weighted by atomic mass is 10.2. The van der Waals surface area contributed by atoms with Crippen molar-refractivity contribution in [2.45, 2.75) is 26.7 Å². The summed E-state index contributed by atoms with van der Waals surface area (Å²) in [5, 5.41) is 5.33. The van der Waals surface area contributed by atoms with Crippen LogP contribution in [0.2, 0.25) is 0 Å². The predicted molar refractivity (Wildman–Crippen MR) is 93.9 cm³/mol. The number of rotatable bonds is 3. The van der Waals surface area contributed by atoms with E-state index < -0.39 is 0 Å². The van der Waals surface area contributed by atoms with Crippen LogP contribution in [0.1, 0.15) is 31.3 Å². The van der Waals surface area contributed by atoms with Crippen molar-refractivity contribution in [3.8, 4) is 0 Å². The van der Waals surface area contributed by atoms with Gasteiger partial charge in [0.15, 0.2) is 0 Å². The SMILES string of the molecule is Cc1cc(N2CCN(c3nc(C(C)C)ns3)CC2)n2ncnc2n1. The molecule has 0 N–H and O–H groups in total. The molecule has 0 aliphatic carbocycles. The van der Waals surface area contributed by atoms with Gasteiger partial charge in [0.2, 0.25) is 5.13 Å². The van der Waals surface area contributed by atoms with E-state index in [2.05, 4.69) is 54.1 Å². The fraction of sp³-hybridized carbons (Fsp3) is 0.533. The van der Waals surface area contributed by atoms with E-state index in [1.54, 1.807) is 6.33 Å². The summed E-state index contributed by atoms with van der Waals surface area (Å²) in [6.07, 6.45) is 1.55. The van der Waals surface area contributed by atoms with Gasteiger partial charge >= 0.3 is 0 Å². The Morgan fingerprint density at radius 1 is 1.08 bits per heavy atom. The summed E-state index contributed by atoms with van der Waals surface area (Å²) in [5.74, 6) is 3.01. The van der Waals surface area contributed by atoms with E-state index in [0.717, 1.165) is 48.6 Å². The second kappa shape index (κ2) is 5.97. The molecule has 126 valence electrons. The van der Waals surface area contributed by atoms with E-state index in [1.807, 2.05) is 11.4 Å². The molecule has 3 aromatic rings. The Labute approximate surface area is 144 Å². The summed E-state index contributed by atoms with van der Waals surface area (Å²) in [4.78, 5) is 17.9. The number of fused-ring (bicyclic) bond motifs is 1. The number of anilines is 2. The van der Waals surface area contributed by atoms with E-state index in [0.29, 0.717) is 11.7 Å². The van der Waals surface area contributed by atoms with Crippen LogP contribution in [0.5, 0.6) is 0 Å². The fourth-order valence-electron chi connectivity index (χ4n) is 2.85. The standard InChI is InChI=1S/C15H20N8S/c1-10(2)13-19-15(24-20-13)22-6-4-21(5-7-22)12-8-11(3)18-14-16-9-17-23(12)14/h8-10H,4-7H2,1-3H3. The Balaban J connectivity index is 1.52. The predicted octanol–water partition coefficient (Wildman–Crippen LogP) is 1.73. The third-order valence-electron chi connectivity index (χ3n) is 4.18. The average Bonchev–Trinajstić information content (AvgIpc) is 3.23. The van der Waals surface area contributed by atoms with Gasteiger partial charge in [0.25, 0.3) is 5.78 Å². The fourth-order valence-corrected chi connectivity index (χ4v) is 3.71. The van der Waals surface area contributed by atoms with Gasteiger partial charge in [0, 0.05) is 55.4 Å². The smallest absolute Gasteiger partial charge is 0.254 e. The van der Waals surface area contributed by atoms with E-state index >= 15 is 0 Å². The lowest BCUT2D eigenvalue weighted by Crippen LogP contribution is -2.47. The van der Waals surface area contributed by atoms with Crippen LogP contribution >= 0.6 is 11.5 Å². The average molecular weight is 344 g/mol. The van der Waals surface area contributed by atoms with Gasteiger partial charge in [0.1, 0.15) is 18.0 Å². The van der Waals surface area contributed by atoms with Gasteiger partial charge in [0.05, 0.1) is 0 Å². The zero-order chi connectivity index (χ0) is 16.7. The van der Waals surface area contributed by atoms with Crippen molar-refractivity contribution in [3.05, 3.63) is 23.9 Å². The van der Waals surface area contributed by atoms with E-state index in [4.69, 9.17) is 0 Å². The summed E-state index contributed by atoms with van der Waals surface area (Å²) in [6, 6.07) is 2.07. The molecule has 0 unspecified atom stereocenters. The highest BCUT2D eigenvalue weighted by atomic mass is 32.1. The highest BCUT2D eigenvalue weighted by Gasteiger charge is 2.23. The van der Waals surface area contributed by atoms with Crippen molar-refractivity contribution in [1.82, 2.24) is 28.9 Å². The molecular weight excluding hydrogens is 324 g/mol. The quantitative estimate of drug-likeness (QED) is 0.716. The summed E-state index contributed by atoms with van der Waals surface area (Å²) >= 11 is 1.50. The largest absolute Gasteiger partial charge is 0.353 e. The first-order valence-corrected chi connectivity index (χ1v) is 8.90. The molecule has 1 saturated heterocycles. The van der Waals surface area contributed by atoms with Crippen molar-refractivity contribution in [1.29, 1.82) is 0 Å². The lowest BCUT2D eigenvalue weighted by Gasteiger charge is -2.35. The molecule has 0 aromatic carbocycles. The molecule has 3 aromatic heterocycles. The van der Waals surface area contributed by atoms with Gasteiger partial charge in [-0.3, -0.25) is 0 Å². The normalized spacial score (nSPS) is 15.7. The third kappa shape index (κ3) is 2.68. The molecule has 0 atom stereocenters. The van der Waals surface area contributed by atoms with Crippen LogP contribution in [0.3, 0.4) is 0 Å². The number of aryl methyl sites for hydroxylation is 1. The molecule has 0 bridgehead atoms. The van der Waals surface area contributed by atoms with E-state index in [1.165, 1.54) is 11.5 Å². The molecule has 9 heteroatoms. The van der Waals surface area contributed by atoms with Gasteiger partial charge in [-0.1, -0.05) is 13.8 Å². The lowest BCUT2D eigenvalue weighted by molar-refractivity contribution is 0.635. The molecular formula is C15H20N8S. The number of piperazine rings is 1. The van der Waals surface area contributed by atoms with Crippen LogP contribution < -0.4 is 9.80 Å². The zero-order valence-electron chi connectivity index (χ0n) is 14.0. The maximum absolute atomic E-state index is 4.66. The minimum atomic E-state index is 0.372. The van der Waals surface area contributed by atoms with Crippen molar-refractivity contribution in [3.63, 3.8) is 0 Å². The van der Waals surface area contributed by atoms with Crippen molar-refractivity contribution in [2.75, 3.05) is 36.0 Å². The summed E-state index contributed by atoms with van der Waals surface area (Å²) in [6.45, 7) is 9.90. The number of nitrogens with zero attached hydrogens (tertiary/aromatic N) is 8. The molecule has 1 fully saturated rings. The summed E-state index contributed by atoms with van der Waals surface area (Å²) < 4.78 is 6.27. The first-order chi connectivity index (χ1) is 11.6. The van der Waals surface area contributed by atoms with Crippen LogP contribution in [-0.4, -0.2) is 55.1 Å². The minimum absolute atomic E-state index is 0.372. The number of hydrogen-bond acceptors (Lipinski definition) is 8. The van der Waals surface area contributed by atoms with Crippen LogP contribution in [-0.2, 0) is 0 Å². The third-order valence-corrected chi connectivity index (χ3v) is 4.97. The molecule has 8 nitrogen and oxygen atoms in total. The van der Waals surface area contributed by atoms with Gasteiger partial charge in [-0.15, -0.1) is 0 Å². The van der Waals surface area contributed by atoms with Crippen molar-refractivity contribution >= 4 is 28.3 Å². The Morgan fingerprint density at radius 3 is 2.54 bits per heavy atom. The number of aromatic nitrogens is 6. The molecule has 4 heterocycles. The highest BCUT2D eigenvalue weighted by Crippen LogP contribution is 2.24. The van der Waals surface area contributed by atoms with Gasteiger partial charge in [-0.25, -0.2) is 9.97 Å². The van der Waals surface area contributed by atoms with Crippen LogP contribution in [0.4, 0.5) is 10.9 Å². The highest BCUT2D eigenvalue weighted by molar-refractivity contribution is 7.09. The Kier molecular flexibility index (Phi) is 3.79. The van der Waals surface area contributed by atoms with Gasteiger partial charge in [-0.05, 0) is 6.92 Å². The molecule has 24 heavy (non-hydrogen) atoms. The summed E-state index contributed by atoms with van der Waals surface area (Å²) in [7, 11) is 0. The first-order valence-electron chi connectivity index (χ1n) is 8.12. The maximum Gasteiger partial charge on any atom is 0.254 e. The second-order valence-electron chi connectivity index (χ2n) is 6.29. The molecule has 0 radical (unpaired) electrons. The van der Waals surface area contributed by atoms with E-state index in [9.17, 15) is 0 Å². The molecule has 0 spiro atoms. The van der Waals surface area contributed by atoms with Crippen LogP contribution in [0, 0.1) is 6.92 Å². The van der Waals surface area contributed by atoms with Crippen molar-refractivity contribution in [2.24, 2.45) is 0 Å². The van der Waals surface area contributed by atoms with Crippen molar-refractivity contribution < 1.29 is 0 Å². The molecule has 0 saturated carbocycles. The zero-order valence-corrected chi connectivity index (χ0v) is 14.9. The van der Waals surface area contributed by atoms with Crippen LogP contribution in [0.15, 0.2) is 12.4 Å². The molecule has 4 rings (SSSR count).